The minimum atomic E-state index is -3.75. The van der Waals surface area contributed by atoms with Crippen molar-refractivity contribution in [2.45, 2.75) is 47.8 Å². The highest BCUT2D eigenvalue weighted by Crippen LogP contribution is 2.47. The molecular formula is C29H29N7O4S3. The second-order valence-electron chi connectivity index (χ2n) is 10.2. The van der Waals surface area contributed by atoms with Crippen LogP contribution in [0.3, 0.4) is 0 Å². The highest BCUT2D eigenvalue weighted by Gasteiger charge is 2.41. The van der Waals surface area contributed by atoms with Crippen molar-refractivity contribution in [3.63, 3.8) is 0 Å². The maximum absolute atomic E-state index is 13.3. The molecule has 1 amide bonds. The SMILES string of the molecule is Cc1ccc(C2C(C#N)=C(N)N(c3nnc(SCC(=O)NCCc4ccc(S(N)(=O)=O)cc4)s3)C3=C2C(=O)CCC3)cc1. The van der Waals surface area contributed by atoms with Crippen molar-refractivity contribution in [3.05, 3.63) is 87.9 Å². The number of Topliss-reactive ketones (excluding diaryl/α,β-unsaturated/α-hetero) is 1. The van der Waals surface area contributed by atoms with Gasteiger partial charge in [0.1, 0.15) is 5.82 Å². The number of aromatic nitrogens is 2. The molecule has 0 bridgehead atoms. The maximum atomic E-state index is 13.3. The average molecular weight is 636 g/mol. The van der Waals surface area contributed by atoms with Gasteiger partial charge in [-0.25, -0.2) is 13.6 Å². The van der Waals surface area contributed by atoms with Crippen LogP contribution < -0.4 is 21.1 Å². The Bertz CT molecular complexity index is 1770. The Morgan fingerprint density at radius 2 is 1.88 bits per heavy atom. The summed E-state index contributed by atoms with van der Waals surface area (Å²) in [5, 5.41) is 27.1. The highest BCUT2D eigenvalue weighted by molar-refractivity contribution is 8.01. The van der Waals surface area contributed by atoms with Crippen LogP contribution in [0, 0.1) is 18.3 Å². The number of carbonyl (C=O) groups is 2. The lowest BCUT2D eigenvalue weighted by Gasteiger charge is -2.38. The number of thioether (sulfide) groups is 1. The van der Waals surface area contributed by atoms with Crippen LogP contribution in [-0.2, 0) is 26.0 Å². The van der Waals surface area contributed by atoms with E-state index in [-0.39, 0.29) is 28.2 Å². The van der Waals surface area contributed by atoms with E-state index in [1.807, 2.05) is 31.2 Å². The molecule has 0 saturated carbocycles. The summed E-state index contributed by atoms with van der Waals surface area (Å²) in [6.07, 6.45) is 2.20. The third-order valence-electron chi connectivity index (χ3n) is 7.23. The van der Waals surface area contributed by atoms with Crippen molar-refractivity contribution < 1.29 is 18.0 Å². The number of primary sulfonamides is 1. The lowest BCUT2D eigenvalue weighted by Crippen LogP contribution is -2.38. The number of carbonyl (C=O) groups excluding carboxylic acids is 2. The van der Waals surface area contributed by atoms with Crippen molar-refractivity contribution >= 4 is 49.9 Å². The first-order valence-electron chi connectivity index (χ1n) is 13.4. The number of amides is 1. The molecule has 2 heterocycles. The predicted molar refractivity (Wildman–Crippen MR) is 164 cm³/mol. The molecule has 14 heteroatoms. The zero-order chi connectivity index (χ0) is 30.7. The quantitative estimate of drug-likeness (QED) is 0.295. The number of nitrogens with zero attached hydrogens (tertiary/aromatic N) is 4. The molecule has 5 rings (SSSR count). The molecule has 0 fully saturated rings. The molecule has 222 valence electrons. The Kier molecular flexibility index (Phi) is 8.97. The summed E-state index contributed by atoms with van der Waals surface area (Å²) in [5.41, 5.74) is 11.0. The molecule has 5 N–H and O–H groups in total. The Balaban J connectivity index is 1.27. The number of anilines is 1. The molecule has 43 heavy (non-hydrogen) atoms. The van der Waals surface area contributed by atoms with Gasteiger partial charge in [0.2, 0.25) is 21.1 Å². The number of hydrogen-bond acceptors (Lipinski definition) is 11. The van der Waals surface area contributed by atoms with Gasteiger partial charge < -0.3 is 11.1 Å². The fourth-order valence-electron chi connectivity index (χ4n) is 5.12. The smallest absolute Gasteiger partial charge is 0.238 e. The van der Waals surface area contributed by atoms with Crippen LogP contribution in [-0.4, -0.2) is 42.6 Å². The third-order valence-corrected chi connectivity index (χ3v) is 10.2. The van der Waals surface area contributed by atoms with Gasteiger partial charge in [0.15, 0.2) is 10.1 Å². The maximum Gasteiger partial charge on any atom is 0.238 e. The number of ketones is 1. The van der Waals surface area contributed by atoms with E-state index in [1.165, 1.54) is 35.2 Å². The number of allylic oxidation sites excluding steroid dienone is 3. The summed E-state index contributed by atoms with van der Waals surface area (Å²) in [7, 11) is -3.75. The first kappa shape index (κ1) is 30.4. The van der Waals surface area contributed by atoms with Crippen LogP contribution in [0.15, 0.2) is 80.4 Å². The van der Waals surface area contributed by atoms with Gasteiger partial charge >= 0.3 is 0 Å². The summed E-state index contributed by atoms with van der Waals surface area (Å²) in [4.78, 5) is 27.4. The van der Waals surface area contributed by atoms with E-state index in [9.17, 15) is 23.3 Å². The average Bonchev–Trinajstić information content (AvgIpc) is 3.44. The van der Waals surface area contributed by atoms with Gasteiger partial charge in [-0.2, -0.15) is 5.26 Å². The second kappa shape index (κ2) is 12.7. The van der Waals surface area contributed by atoms with Gasteiger partial charge in [-0.05, 0) is 49.4 Å². The molecule has 0 spiro atoms. The molecule has 1 aliphatic carbocycles. The van der Waals surface area contributed by atoms with E-state index in [4.69, 9.17) is 10.9 Å². The van der Waals surface area contributed by atoms with E-state index in [1.54, 1.807) is 17.0 Å². The Morgan fingerprint density at radius 3 is 2.56 bits per heavy atom. The van der Waals surface area contributed by atoms with Crippen LogP contribution in [0.1, 0.15) is 41.9 Å². The standard InChI is InChI=1S/C29H29N7O4S3/c1-17-5-9-19(10-6-17)25-21(15-30)27(31)36(22-3-2-4-23(37)26(22)25)28-34-35-29(42-28)41-16-24(38)33-14-13-18-7-11-20(12-8-18)43(32,39)40/h5-12,25H,2-4,13-14,16,31H2,1H3,(H,33,38)(H2,32,39,40). The Labute approximate surface area is 257 Å². The summed E-state index contributed by atoms with van der Waals surface area (Å²) < 4.78 is 23.3. The molecule has 11 nitrogen and oxygen atoms in total. The molecule has 1 aliphatic heterocycles. The molecule has 0 radical (unpaired) electrons. The van der Waals surface area contributed by atoms with Gasteiger partial charge in [-0.1, -0.05) is 65.1 Å². The molecule has 1 aromatic heterocycles. The zero-order valence-electron chi connectivity index (χ0n) is 23.2. The largest absolute Gasteiger partial charge is 0.384 e. The van der Waals surface area contributed by atoms with Crippen LogP contribution in [0.2, 0.25) is 0 Å². The lowest BCUT2D eigenvalue weighted by atomic mass is 9.75. The highest BCUT2D eigenvalue weighted by atomic mass is 32.2. The monoisotopic (exact) mass is 635 g/mol. The summed E-state index contributed by atoms with van der Waals surface area (Å²) in [6, 6.07) is 16.2. The lowest BCUT2D eigenvalue weighted by molar-refractivity contribution is -0.118. The first-order chi connectivity index (χ1) is 20.6. The first-order valence-corrected chi connectivity index (χ1v) is 16.8. The van der Waals surface area contributed by atoms with E-state index in [0.717, 1.165) is 22.4 Å². The number of sulfonamides is 1. The fourth-order valence-corrected chi connectivity index (χ4v) is 7.34. The molecular weight excluding hydrogens is 607 g/mol. The van der Waals surface area contributed by atoms with Crippen molar-refractivity contribution in [1.29, 1.82) is 5.26 Å². The number of benzene rings is 2. The molecule has 1 unspecified atom stereocenters. The Hall–Kier alpha value is -4.03. The normalized spacial score (nSPS) is 17.1. The molecule has 3 aromatic rings. The van der Waals surface area contributed by atoms with Crippen molar-refractivity contribution in [2.24, 2.45) is 10.9 Å². The number of hydrogen-bond donors (Lipinski definition) is 3. The van der Waals surface area contributed by atoms with Gasteiger partial charge in [0, 0.05) is 24.2 Å². The molecule has 0 saturated heterocycles. The number of nitrogens with one attached hydrogen (secondary N) is 1. The van der Waals surface area contributed by atoms with Gasteiger partial charge in [-0.3, -0.25) is 14.5 Å². The summed E-state index contributed by atoms with van der Waals surface area (Å²) in [5.74, 6) is -0.412. The van der Waals surface area contributed by atoms with Crippen LogP contribution >= 0.6 is 23.1 Å². The van der Waals surface area contributed by atoms with E-state index >= 15 is 0 Å². The topological polar surface area (TPSA) is 185 Å². The van der Waals surface area contributed by atoms with Crippen LogP contribution in [0.4, 0.5) is 5.13 Å². The predicted octanol–water partition coefficient (Wildman–Crippen LogP) is 3.25. The van der Waals surface area contributed by atoms with E-state index in [2.05, 4.69) is 21.6 Å². The number of aryl methyl sites for hydroxylation is 1. The molecule has 2 aliphatic rings. The van der Waals surface area contributed by atoms with Crippen LogP contribution in [0.25, 0.3) is 0 Å². The number of nitriles is 1. The Morgan fingerprint density at radius 1 is 1.16 bits per heavy atom. The molecule has 2 aromatic carbocycles. The van der Waals surface area contributed by atoms with E-state index < -0.39 is 15.9 Å². The van der Waals surface area contributed by atoms with Crippen molar-refractivity contribution in [2.75, 3.05) is 17.2 Å². The molecule has 1 atom stereocenters. The van der Waals surface area contributed by atoms with Crippen molar-refractivity contribution in [3.8, 4) is 6.07 Å². The minimum absolute atomic E-state index is 0.00628. The third kappa shape index (κ3) is 6.65. The number of rotatable bonds is 9. The fraction of sp³-hybridized carbons (Fsp3) is 0.276. The minimum Gasteiger partial charge on any atom is -0.384 e. The van der Waals surface area contributed by atoms with Gasteiger partial charge in [0.05, 0.1) is 28.2 Å². The summed E-state index contributed by atoms with van der Waals surface area (Å²) >= 11 is 2.46. The van der Waals surface area contributed by atoms with Crippen molar-refractivity contribution in [1.82, 2.24) is 15.5 Å². The van der Waals surface area contributed by atoms with Gasteiger partial charge in [0.25, 0.3) is 0 Å². The second-order valence-corrected chi connectivity index (χ2v) is 13.9. The van der Waals surface area contributed by atoms with E-state index in [0.29, 0.717) is 52.8 Å². The summed E-state index contributed by atoms with van der Waals surface area (Å²) in [6.45, 7) is 2.35. The van der Waals surface area contributed by atoms with Gasteiger partial charge in [-0.15, -0.1) is 10.2 Å². The number of nitrogens with two attached hydrogens (primary N) is 2. The van der Waals surface area contributed by atoms with Crippen LogP contribution in [0.5, 0.6) is 0 Å². The zero-order valence-corrected chi connectivity index (χ0v) is 25.7.